The summed E-state index contributed by atoms with van der Waals surface area (Å²) in [4.78, 5) is 15.8. The maximum atomic E-state index is 11.6. The Bertz CT molecular complexity index is 688. The third-order valence-corrected chi connectivity index (χ3v) is 3.47. The van der Waals surface area contributed by atoms with E-state index in [-0.39, 0.29) is 0 Å². The van der Waals surface area contributed by atoms with Crippen LogP contribution in [0.1, 0.15) is 29.2 Å². The zero-order chi connectivity index (χ0) is 15.2. The van der Waals surface area contributed by atoms with E-state index in [2.05, 4.69) is 11.1 Å². The molecule has 2 aromatic rings. The molecule has 0 unspecified atom stereocenters. The summed E-state index contributed by atoms with van der Waals surface area (Å²) in [6.45, 7) is 4.42. The van der Waals surface area contributed by atoms with Gasteiger partial charge in [0.15, 0.2) is 0 Å². The maximum absolute atomic E-state index is 11.6. The van der Waals surface area contributed by atoms with Crippen LogP contribution in [0.3, 0.4) is 0 Å². The molecule has 0 bridgehead atoms. The zero-order valence-electron chi connectivity index (χ0n) is 11.8. The predicted octanol–water partition coefficient (Wildman–Crippen LogP) is 3.26. The predicted molar refractivity (Wildman–Crippen MR) is 79.4 cm³/mol. The standard InChI is InChI=1S/C15H14N2O3S/c1-3-19-13-6-5-10(7-11(13)8-16)12-9-21-14(17-12)15(18)20-4-2/h5-7,9H,3-4H2,1-2H3. The molecule has 2 rings (SSSR count). The van der Waals surface area contributed by atoms with Gasteiger partial charge in [0.05, 0.1) is 24.5 Å². The number of esters is 1. The van der Waals surface area contributed by atoms with Crippen molar-refractivity contribution >= 4 is 17.3 Å². The van der Waals surface area contributed by atoms with Gasteiger partial charge in [-0.25, -0.2) is 9.78 Å². The van der Waals surface area contributed by atoms with Gasteiger partial charge < -0.3 is 9.47 Å². The van der Waals surface area contributed by atoms with Crippen LogP contribution in [-0.2, 0) is 4.74 Å². The number of carbonyl (C=O) groups excluding carboxylic acids is 1. The molecule has 0 radical (unpaired) electrons. The van der Waals surface area contributed by atoms with Crippen LogP contribution in [0.15, 0.2) is 23.6 Å². The molecule has 1 aromatic carbocycles. The lowest BCUT2D eigenvalue weighted by molar-refractivity contribution is 0.0526. The van der Waals surface area contributed by atoms with Crippen LogP contribution < -0.4 is 4.74 Å². The van der Waals surface area contributed by atoms with E-state index in [1.807, 2.05) is 13.0 Å². The maximum Gasteiger partial charge on any atom is 0.367 e. The highest BCUT2D eigenvalue weighted by Gasteiger charge is 2.14. The molecule has 21 heavy (non-hydrogen) atoms. The number of nitrogens with zero attached hydrogens (tertiary/aromatic N) is 2. The third-order valence-electron chi connectivity index (χ3n) is 2.65. The smallest absolute Gasteiger partial charge is 0.367 e. The van der Waals surface area contributed by atoms with E-state index in [4.69, 9.17) is 14.7 Å². The second-order valence-electron chi connectivity index (χ2n) is 4.01. The number of benzene rings is 1. The van der Waals surface area contributed by atoms with Crippen molar-refractivity contribution in [2.45, 2.75) is 13.8 Å². The van der Waals surface area contributed by atoms with Crippen molar-refractivity contribution in [3.63, 3.8) is 0 Å². The van der Waals surface area contributed by atoms with Crippen molar-refractivity contribution in [2.24, 2.45) is 0 Å². The van der Waals surface area contributed by atoms with E-state index in [0.29, 0.717) is 35.2 Å². The van der Waals surface area contributed by atoms with Gasteiger partial charge >= 0.3 is 5.97 Å². The number of hydrogen-bond donors (Lipinski definition) is 0. The Balaban J connectivity index is 2.30. The Morgan fingerprint density at radius 1 is 1.38 bits per heavy atom. The molecule has 0 atom stereocenters. The molecule has 108 valence electrons. The molecular formula is C15H14N2O3S. The van der Waals surface area contributed by atoms with E-state index in [0.717, 1.165) is 5.56 Å². The van der Waals surface area contributed by atoms with E-state index in [1.54, 1.807) is 24.4 Å². The molecule has 0 aliphatic heterocycles. The minimum atomic E-state index is -0.430. The molecule has 0 saturated heterocycles. The summed E-state index contributed by atoms with van der Waals surface area (Å²) in [5.41, 5.74) is 1.85. The Morgan fingerprint density at radius 2 is 2.19 bits per heavy atom. The Kier molecular flexibility index (Phi) is 4.90. The van der Waals surface area contributed by atoms with Crippen LogP contribution in [0, 0.1) is 11.3 Å². The van der Waals surface area contributed by atoms with Crippen LogP contribution in [0.2, 0.25) is 0 Å². The van der Waals surface area contributed by atoms with Gasteiger partial charge in [0, 0.05) is 10.9 Å². The van der Waals surface area contributed by atoms with Crippen LogP contribution in [0.4, 0.5) is 0 Å². The van der Waals surface area contributed by atoms with Gasteiger partial charge in [-0.1, -0.05) is 0 Å². The fraction of sp³-hybridized carbons (Fsp3) is 0.267. The van der Waals surface area contributed by atoms with Gasteiger partial charge in [-0.15, -0.1) is 11.3 Å². The fourth-order valence-electron chi connectivity index (χ4n) is 1.75. The lowest BCUT2D eigenvalue weighted by Gasteiger charge is -2.06. The van der Waals surface area contributed by atoms with E-state index >= 15 is 0 Å². The minimum absolute atomic E-state index is 0.305. The third kappa shape index (κ3) is 3.38. The first-order chi connectivity index (χ1) is 10.2. The van der Waals surface area contributed by atoms with E-state index < -0.39 is 5.97 Å². The summed E-state index contributed by atoms with van der Waals surface area (Å²) in [5, 5.41) is 11.2. The molecule has 0 fully saturated rings. The molecule has 0 saturated carbocycles. The van der Waals surface area contributed by atoms with Crippen molar-refractivity contribution < 1.29 is 14.3 Å². The van der Waals surface area contributed by atoms with Crippen molar-refractivity contribution in [2.75, 3.05) is 13.2 Å². The SMILES string of the molecule is CCOC(=O)c1nc(-c2ccc(OCC)c(C#N)c2)cs1. The molecule has 1 aromatic heterocycles. The van der Waals surface area contributed by atoms with Crippen molar-refractivity contribution in [1.82, 2.24) is 4.98 Å². The largest absolute Gasteiger partial charge is 0.492 e. The Labute approximate surface area is 126 Å². The van der Waals surface area contributed by atoms with Crippen molar-refractivity contribution in [1.29, 1.82) is 5.26 Å². The summed E-state index contributed by atoms with van der Waals surface area (Å²) in [5.74, 6) is 0.116. The molecule has 0 spiro atoms. The van der Waals surface area contributed by atoms with Gasteiger partial charge in [-0.3, -0.25) is 0 Å². The highest BCUT2D eigenvalue weighted by molar-refractivity contribution is 7.11. The topological polar surface area (TPSA) is 72.2 Å². The summed E-state index contributed by atoms with van der Waals surface area (Å²) in [6.07, 6.45) is 0. The average Bonchev–Trinajstić information content (AvgIpc) is 2.98. The van der Waals surface area contributed by atoms with Gasteiger partial charge in [0.25, 0.3) is 0 Å². The minimum Gasteiger partial charge on any atom is -0.492 e. The summed E-state index contributed by atoms with van der Waals surface area (Å²) < 4.78 is 10.3. The number of thiazole rings is 1. The quantitative estimate of drug-likeness (QED) is 0.793. The molecule has 0 N–H and O–H groups in total. The normalized spacial score (nSPS) is 9.95. The first-order valence-corrected chi connectivity index (χ1v) is 7.37. The number of aromatic nitrogens is 1. The second-order valence-corrected chi connectivity index (χ2v) is 4.87. The zero-order valence-corrected chi connectivity index (χ0v) is 12.6. The molecular weight excluding hydrogens is 288 g/mol. The molecule has 0 amide bonds. The van der Waals surface area contributed by atoms with Gasteiger partial charge in [-0.05, 0) is 32.0 Å². The van der Waals surface area contributed by atoms with Crippen LogP contribution >= 0.6 is 11.3 Å². The first kappa shape index (κ1) is 15.0. The highest BCUT2D eigenvalue weighted by Crippen LogP contribution is 2.27. The molecule has 5 nitrogen and oxygen atoms in total. The Hall–Kier alpha value is -2.39. The fourth-order valence-corrected chi connectivity index (χ4v) is 2.47. The molecule has 1 heterocycles. The summed E-state index contributed by atoms with van der Waals surface area (Å²) in [7, 11) is 0. The van der Waals surface area contributed by atoms with Gasteiger partial charge in [0.2, 0.25) is 5.01 Å². The first-order valence-electron chi connectivity index (χ1n) is 6.49. The molecule has 0 aliphatic rings. The summed E-state index contributed by atoms with van der Waals surface area (Å²) >= 11 is 1.22. The Morgan fingerprint density at radius 3 is 2.86 bits per heavy atom. The number of carbonyl (C=O) groups is 1. The molecule has 0 aliphatic carbocycles. The lowest BCUT2D eigenvalue weighted by Crippen LogP contribution is -2.03. The van der Waals surface area contributed by atoms with Crippen molar-refractivity contribution in [3.8, 4) is 23.1 Å². The highest BCUT2D eigenvalue weighted by atomic mass is 32.1. The average molecular weight is 302 g/mol. The number of hydrogen-bond acceptors (Lipinski definition) is 6. The van der Waals surface area contributed by atoms with Crippen LogP contribution in [0.5, 0.6) is 5.75 Å². The van der Waals surface area contributed by atoms with E-state index in [9.17, 15) is 4.79 Å². The van der Waals surface area contributed by atoms with Crippen LogP contribution in [-0.4, -0.2) is 24.2 Å². The monoisotopic (exact) mass is 302 g/mol. The molecule has 6 heteroatoms. The van der Waals surface area contributed by atoms with Gasteiger partial charge in [-0.2, -0.15) is 5.26 Å². The van der Waals surface area contributed by atoms with Gasteiger partial charge in [0.1, 0.15) is 11.8 Å². The van der Waals surface area contributed by atoms with Crippen molar-refractivity contribution in [3.05, 3.63) is 34.2 Å². The summed E-state index contributed by atoms with van der Waals surface area (Å²) in [6, 6.07) is 7.35. The number of nitriles is 1. The van der Waals surface area contributed by atoms with Crippen LogP contribution in [0.25, 0.3) is 11.3 Å². The lowest BCUT2D eigenvalue weighted by atomic mass is 10.1. The number of rotatable bonds is 5. The van der Waals surface area contributed by atoms with E-state index in [1.165, 1.54) is 11.3 Å². The number of ether oxygens (including phenoxy) is 2. The second kappa shape index (κ2) is 6.86.